The number of H-pyrrole nitrogens is 1. The summed E-state index contributed by atoms with van der Waals surface area (Å²) in [6, 6.07) is 11.7. The van der Waals surface area contributed by atoms with Crippen LogP contribution in [0.25, 0.3) is 5.57 Å². The highest BCUT2D eigenvalue weighted by atomic mass is 16.5. The van der Waals surface area contributed by atoms with Gasteiger partial charge in [-0.2, -0.15) is 0 Å². The van der Waals surface area contributed by atoms with E-state index in [0.29, 0.717) is 18.9 Å². The van der Waals surface area contributed by atoms with Crippen LogP contribution in [0.1, 0.15) is 55.3 Å². The van der Waals surface area contributed by atoms with Gasteiger partial charge in [-0.15, -0.1) is 0 Å². The van der Waals surface area contributed by atoms with Crippen molar-refractivity contribution in [3.05, 3.63) is 69.6 Å². The Balaban J connectivity index is 1.71. The van der Waals surface area contributed by atoms with Gasteiger partial charge in [0.1, 0.15) is 5.75 Å². The van der Waals surface area contributed by atoms with Gasteiger partial charge in [0.25, 0.3) is 5.56 Å². The molecule has 5 heteroatoms. The van der Waals surface area contributed by atoms with Crippen molar-refractivity contribution in [3.63, 3.8) is 0 Å². The molecule has 1 aromatic carbocycles. The van der Waals surface area contributed by atoms with E-state index in [4.69, 9.17) is 4.74 Å². The topological polar surface area (TPSA) is 71.2 Å². The number of aromatic amines is 1. The molecule has 0 radical (unpaired) electrons. The van der Waals surface area contributed by atoms with Gasteiger partial charge in [0.05, 0.1) is 6.61 Å². The molecule has 2 N–H and O–H groups in total. The summed E-state index contributed by atoms with van der Waals surface area (Å²) in [5, 5.41) is 2.98. The van der Waals surface area contributed by atoms with Crippen molar-refractivity contribution in [1.29, 1.82) is 0 Å². The van der Waals surface area contributed by atoms with Crippen LogP contribution in [0.4, 0.5) is 0 Å². The number of carbonyl (C=O) groups is 1. The summed E-state index contributed by atoms with van der Waals surface area (Å²) in [7, 11) is 0. The molecule has 1 atom stereocenters. The second-order valence-electron chi connectivity index (χ2n) is 7.18. The third-order valence-corrected chi connectivity index (χ3v) is 5.12. The number of hydrogen-bond donors (Lipinski definition) is 2. The quantitative estimate of drug-likeness (QED) is 0.826. The van der Waals surface area contributed by atoms with Gasteiger partial charge in [-0.3, -0.25) is 9.59 Å². The van der Waals surface area contributed by atoms with Gasteiger partial charge in [-0.1, -0.05) is 24.3 Å². The summed E-state index contributed by atoms with van der Waals surface area (Å²) in [6.07, 6.45) is 5.54. The molecule has 27 heavy (non-hydrogen) atoms. The number of hydrogen-bond acceptors (Lipinski definition) is 3. The number of amides is 1. The highest BCUT2D eigenvalue weighted by molar-refractivity contribution is 5.82. The predicted octanol–water partition coefficient (Wildman–Crippen LogP) is 3.36. The zero-order chi connectivity index (χ0) is 18.8. The molecule has 2 heterocycles. The zero-order valence-corrected chi connectivity index (χ0v) is 15.5. The molecule has 2 fully saturated rings. The molecule has 2 aromatic rings. The average molecular weight is 364 g/mol. The van der Waals surface area contributed by atoms with Crippen LogP contribution in [0.5, 0.6) is 5.75 Å². The van der Waals surface area contributed by atoms with E-state index in [-0.39, 0.29) is 17.5 Å². The van der Waals surface area contributed by atoms with Gasteiger partial charge in [0.15, 0.2) is 0 Å². The minimum Gasteiger partial charge on any atom is -0.494 e. The third-order valence-electron chi connectivity index (χ3n) is 5.12. The molecule has 140 valence electrons. The summed E-state index contributed by atoms with van der Waals surface area (Å²) in [5.74, 6) is 1.29. The van der Waals surface area contributed by atoms with Crippen LogP contribution >= 0.6 is 0 Å². The highest BCUT2D eigenvalue weighted by Crippen LogP contribution is 2.38. The normalized spacial score (nSPS) is 19.8. The lowest BCUT2D eigenvalue weighted by atomic mass is 9.98. The number of carbonyl (C=O) groups excluding carboxylic acids is 1. The van der Waals surface area contributed by atoms with Crippen LogP contribution in [0.15, 0.2) is 47.3 Å². The van der Waals surface area contributed by atoms with E-state index in [1.807, 2.05) is 49.4 Å². The first-order valence-electron chi connectivity index (χ1n) is 9.62. The molecular formula is C22H24N2O3. The first-order valence-corrected chi connectivity index (χ1v) is 9.62. The van der Waals surface area contributed by atoms with Crippen LogP contribution < -0.4 is 15.6 Å². The van der Waals surface area contributed by atoms with Gasteiger partial charge < -0.3 is 15.0 Å². The van der Waals surface area contributed by atoms with Gasteiger partial charge in [0.2, 0.25) is 5.91 Å². The Morgan fingerprint density at radius 1 is 1.11 bits per heavy atom. The monoisotopic (exact) mass is 364 g/mol. The molecule has 5 nitrogen and oxygen atoms in total. The molecule has 1 saturated heterocycles. The molecule has 1 aromatic heterocycles. The third kappa shape index (κ3) is 3.97. The molecule has 1 saturated carbocycles. The number of benzene rings is 1. The molecule has 2 aliphatic rings. The summed E-state index contributed by atoms with van der Waals surface area (Å²) in [5.41, 5.74) is 3.54. The average Bonchev–Trinajstić information content (AvgIpc) is 3.42. The second-order valence-corrected chi connectivity index (χ2v) is 7.18. The predicted molar refractivity (Wildman–Crippen MR) is 105 cm³/mol. The smallest absolute Gasteiger partial charge is 0.251 e. The van der Waals surface area contributed by atoms with Gasteiger partial charge in [0, 0.05) is 29.3 Å². The summed E-state index contributed by atoms with van der Waals surface area (Å²) in [4.78, 5) is 27.2. The lowest BCUT2D eigenvalue weighted by molar-refractivity contribution is -0.119. The second kappa shape index (κ2) is 7.43. The van der Waals surface area contributed by atoms with E-state index in [9.17, 15) is 9.59 Å². The minimum atomic E-state index is -0.0225. The van der Waals surface area contributed by atoms with E-state index < -0.39 is 0 Å². The maximum absolute atomic E-state index is 12.5. The Bertz CT molecular complexity index is 923. The Hall–Kier alpha value is -2.82. The van der Waals surface area contributed by atoms with Gasteiger partial charge in [-0.05, 0) is 55.9 Å². The summed E-state index contributed by atoms with van der Waals surface area (Å²) in [6.45, 7) is 2.57. The van der Waals surface area contributed by atoms with Crippen LogP contribution in [-0.4, -0.2) is 23.5 Å². The molecule has 0 bridgehead atoms. The Kier molecular flexibility index (Phi) is 4.84. The van der Waals surface area contributed by atoms with E-state index >= 15 is 0 Å². The largest absolute Gasteiger partial charge is 0.494 e. The van der Waals surface area contributed by atoms with Crippen LogP contribution in [0, 0.1) is 0 Å². The van der Waals surface area contributed by atoms with E-state index in [2.05, 4.69) is 10.3 Å². The van der Waals surface area contributed by atoms with E-state index in [1.165, 1.54) is 0 Å². The number of ether oxygens (including phenoxy) is 1. The Morgan fingerprint density at radius 3 is 2.48 bits per heavy atom. The molecule has 4 rings (SSSR count). The van der Waals surface area contributed by atoms with Crippen molar-refractivity contribution >= 4 is 11.5 Å². The first-order chi connectivity index (χ1) is 13.1. The fourth-order valence-electron chi connectivity index (χ4n) is 3.56. The Labute approximate surface area is 158 Å². The van der Waals surface area contributed by atoms with Gasteiger partial charge >= 0.3 is 0 Å². The molecule has 0 spiro atoms. The molecular weight excluding hydrogens is 340 g/mol. The molecule has 1 aliphatic heterocycles. The number of rotatable bonds is 6. The fraction of sp³-hybridized carbons (Fsp3) is 0.364. The van der Waals surface area contributed by atoms with Crippen LogP contribution in [-0.2, 0) is 4.79 Å². The van der Waals surface area contributed by atoms with Crippen molar-refractivity contribution in [1.82, 2.24) is 10.3 Å². The van der Waals surface area contributed by atoms with Crippen molar-refractivity contribution in [2.24, 2.45) is 0 Å². The van der Waals surface area contributed by atoms with E-state index in [1.54, 1.807) is 0 Å². The van der Waals surface area contributed by atoms with Crippen LogP contribution in [0.2, 0.25) is 0 Å². The van der Waals surface area contributed by atoms with E-state index in [0.717, 1.165) is 47.4 Å². The maximum atomic E-state index is 12.5. The SMILES string of the molecule is CCOc1ccc(C(=C[C@H]2CCC(=O)N2)c2ccc(C3CC3)c(=O)[nH]2)cc1. The highest BCUT2D eigenvalue weighted by Gasteiger charge is 2.26. The standard InChI is InChI=1S/C22H24N2O3/c1-2-27-17-8-5-15(6-9-17)19(13-16-7-12-21(25)23-16)20-11-10-18(14-3-4-14)22(26)24-20/h5-6,8-11,13-14,16H,2-4,7,12H2,1H3,(H,23,25)(H,24,26)/t16-/m1/s1. The number of aromatic nitrogens is 1. The minimum absolute atomic E-state index is 0.0118. The molecule has 0 unspecified atom stereocenters. The number of pyridine rings is 1. The van der Waals surface area contributed by atoms with Crippen molar-refractivity contribution < 1.29 is 9.53 Å². The summed E-state index contributed by atoms with van der Waals surface area (Å²) >= 11 is 0. The molecule has 1 aliphatic carbocycles. The zero-order valence-electron chi connectivity index (χ0n) is 15.5. The summed E-state index contributed by atoms with van der Waals surface area (Å²) < 4.78 is 5.53. The number of nitrogens with one attached hydrogen (secondary N) is 2. The molecule has 1 amide bonds. The lowest BCUT2D eigenvalue weighted by Crippen LogP contribution is -2.23. The first kappa shape index (κ1) is 17.6. The fourth-order valence-corrected chi connectivity index (χ4v) is 3.56. The lowest BCUT2D eigenvalue weighted by Gasteiger charge is -2.13. The van der Waals surface area contributed by atoms with Gasteiger partial charge in [-0.25, -0.2) is 0 Å². The van der Waals surface area contributed by atoms with Crippen molar-refractivity contribution in [2.45, 2.75) is 44.6 Å². The van der Waals surface area contributed by atoms with Crippen LogP contribution in [0.3, 0.4) is 0 Å². The Morgan fingerprint density at radius 2 is 1.89 bits per heavy atom. The van der Waals surface area contributed by atoms with Crippen molar-refractivity contribution in [3.8, 4) is 5.75 Å². The maximum Gasteiger partial charge on any atom is 0.251 e. The van der Waals surface area contributed by atoms with Crippen molar-refractivity contribution in [2.75, 3.05) is 6.61 Å².